The second kappa shape index (κ2) is 9.88. The molecule has 0 fully saturated rings. The van der Waals surface area contributed by atoms with E-state index >= 15 is 0 Å². The minimum absolute atomic E-state index is 0.111. The molecule has 1 aliphatic rings. The lowest BCUT2D eigenvalue weighted by Gasteiger charge is -2.34. The van der Waals surface area contributed by atoms with Gasteiger partial charge in [-0.15, -0.1) is 0 Å². The zero-order valence-electron chi connectivity index (χ0n) is 17.3. The van der Waals surface area contributed by atoms with E-state index in [4.69, 9.17) is 10.2 Å². The Bertz CT molecular complexity index is 1110. The maximum atomic E-state index is 11.3. The number of benzene rings is 1. The Morgan fingerprint density at radius 2 is 1.71 bits per heavy atom. The molecule has 1 aromatic heterocycles. The van der Waals surface area contributed by atoms with Gasteiger partial charge >= 0.3 is 17.9 Å². The number of pyridine rings is 1. The third-order valence-electron chi connectivity index (χ3n) is 5.41. The summed E-state index contributed by atoms with van der Waals surface area (Å²) in [5.41, 5.74) is -1.07. The highest BCUT2D eigenvalue weighted by Gasteiger charge is 2.43. The molecule has 31 heavy (non-hydrogen) atoms. The van der Waals surface area contributed by atoms with Crippen LogP contribution in [0.4, 0.5) is 0 Å². The molecule has 0 saturated carbocycles. The Labute approximate surface area is 178 Å². The summed E-state index contributed by atoms with van der Waals surface area (Å²) in [6, 6.07) is 6.62. The Balaban J connectivity index is 0.000000224. The predicted molar refractivity (Wildman–Crippen MR) is 115 cm³/mol. The minimum Gasteiger partial charge on any atom is -0.481 e. The van der Waals surface area contributed by atoms with Gasteiger partial charge in [-0.05, 0) is 19.4 Å². The number of carboxylic acids is 3. The predicted octanol–water partition coefficient (Wildman–Crippen LogP) is 3.69. The van der Waals surface area contributed by atoms with Gasteiger partial charge in [-0.2, -0.15) is 0 Å². The average molecular weight is 427 g/mol. The van der Waals surface area contributed by atoms with Crippen molar-refractivity contribution in [1.29, 1.82) is 0 Å². The number of nitrogens with one attached hydrogen (secondary N) is 1. The highest BCUT2D eigenvalue weighted by molar-refractivity contribution is 6.02. The van der Waals surface area contributed by atoms with Gasteiger partial charge in [0.15, 0.2) is 0 Å². The van der Waals surface area contributed by atoms with Crippen molar-refractivity contribution in [3.05, 3.63) is 70.2 Å². The van der Waals surface area contributed by atoms with Crippen molar-refractivity contribution >= 4 is 28.7 Å². The van der Waals surface area contributed by atoms with Gasteiger partial charge in [0, 0.05) is 28.5 Å². The van der Waals surface area contributed by atoms with Crippen LogP contribution in [0.2, 0.25) is 0 Å². The van der Waals surface area contributed by atoms with Gasteiger partial charge in [-0.25, -0.2) is 9.59 Å². The van der Waals surface area contributed by atoms with E-state index in [2.05, 4.69) is 4.98 Å². The lowest BCUT2D eigenvalue weighted by atomic mass is 9.68. The normalized spacial score (nSPS) is 19.8. The maximum absolute atomic E-state index is 11.3. The number of unbranched alkanes of at least 4 members (excludes halogenated alkanes) is 1. The van der Waals surface area contributed by atoms with E-state index in [1.54, 1.807) is 37.3 Å². The lowest BCUT2D eigenvalue weighted by molar-refractivity contribution is -0.148. The molecule has 0 saturated heterocycles. The topological polar surface area (TPSA) is 145 Å². The van der Waals surface area contributed by atoms with E-state index < -0.39 is 29.2 Å². The van der Waals surface area contributed by atoms with Crippen LogP contribution >= 0.6 is 0 Å². The van der Waals surface area contributed by atoms with Crippen LogP contribution in [0, 0.1) is 11.3 Å². The van der Waals surface area contributed by atoms with Crippen LogP contribution in [0.5, 0.6) is 0 Å². The number of hydrogen-bond acceptors (Lipinski definition) is 4. The summed E-state index contributed by atoms with van der Waals surface area (Å²) in [5, 5.41) is 28.1. The summed E-state index contributed by atoms with van der Waals surface area (Å²) < 4.78 is 0. The molecule has 8 heteroatoms. The number of allylic oxidation sites excluding steroid dienone is 2. The third-order valence-corrected chi connectivity index (χ3v) is 5.41. The van der Waals surface area contributed by atoms with Gasteiger partial charge in [-0.3, -0.25) is 9.59 Å². The Morgan fingerprint density at radius 1 is 1.06 bits per heavy atom. The van der Waals surface area contributed by atoms with E-state index in [1.807, 2.05) is 6.92 Å². The van der Waals surface area contributed by atoms with Gasteiger partial charge in [0.1, 0.15) is 0 Å². The van der Waals surface area contributed by atoms with Crippen LogP contribution in [-0.2, 0) is 9.59 Å². The Kier molecular flexibility index (Phi) is 7.52. The standard InChI is InChI=1S/C13H18O4.C10H7NO3/c1-3-4-7-10-9(11(14)15)6-5-8-13(10,2)12(16)17;12-9-7-4-2-1-3-6(7)8(5-11-9)10(13)14/h5-6,8,10H,3-4,7H2,1-2H3,(H,14,15)(H,16,17);1-5H,(H,11,12)(H,13,14). The molecule has 2 atom stereocenters. The molecule has 2 aromatic rings. The van der Waals surface area contributed by atoms with Crippen molar-refractivity contribution in [3.63, 3.8) is 0 Å². The van der Waals surface area contributed by atoms with Crippen molar-refractivity contribution in [1.82, 2.24) is 4.98 Å². The number of carboxylic acid groups (broad SMARTS) is 3. The molecule has 1 heterocycles. The van der Waals surface area contributed by atoms with E-state index in [0.29, 0.717) is 17.2 Å². The molecule has 164 valence electrons. The second-order valence-electron chi connectivity index (χ2n) is 7.45. The van der Waals surface area contributed by atoms with Gasteiger partial charge in [-0.1, -0.05) is 56.2 Å². The third kappa shape index (κ3) is 5.09. The quantitative estimate of drug-likeness (QED) is 0.550. The van der Waals surface area contributed by atoms with Gasteiger partial charge in [0.2, 0.25) is 0 Å². The summed E-state index contributed by atoms with van der Waals surface area (Å²) in [6.45, 7) is 3.59. The number of aliphatic carboxylic acids is 2. The first-order valence-corrected chi connectivity index (χ1v) is 9.83. The largest absolute Gasteiger partial charge is 0.481 e. The number of fused-ring (bicyclic) bond motifs is 1. The highest BCUT2D eigenvalue weighted by Crippen LogP contribution is 2.41. The molecule has 1 aromatic carbocycles. The molecule has 0 aliphatic heterocycles. The van der Waals surface area contributed by atoms with Crippen molar-refractivity contribution in [2.45, 2.75) is 33.1 Å². The van der Waals surface area contributed by atoms with Gasteiger partial charge in [0.05, 0.1) is 11.0 Å². The molecular formula is C23H25NO7. The molecule has 8 nitrogen and oxygen atoms in total. The molecule has 2 unspecified atom stereocenters. The number of H-pyrrole nitrogens is 1. The van der Waals surface area contributed by atoms with Crippen molar-refractivity contribution in [2.75, 3.05) is 0 Å². The number of carbonyl (C=O) groups is 3. The summed E-state index contributed by atoms with van der Waals surface area (Å²) in [5.74, 6) is -3.50. The van der Waals surface area contributed by atoms with Crippen molar-refractivity contribution in [3.8, 4) is 0 Å². The number of aromatic amines is 1. The van der Waals surface area contributed by atoms with E-state index in [0.717, 1.165) is 12.8 Å². The molecule has 1 aliphatic carbocycles. The SMILES string of the molecule is CCCCC1C(C(=O)O)=CC=CC1(C)C(=O)O.O=C(O)c1c[nH]c(=O)c2ccccc12. The summed E-state index contributed by atoms with van der Waals surface area (Å²) in [6.07, 6.45) is 8.17. The molecular weight excluding hydrogens is 402 g/mol. The van der Waals surface area contributed by atoms with Crippen LogP contribution in [-0.4, -0.2) is 38.2 Å². The first-order chi connectivity index (χ1) is 14.6. The zero-order chi connectivity index (χ0) is 23.2. The van der Waals surface area contributed by atoms with Crippen LogP contribution < -0.4 is 5.56 Å². The van der Waals surface area contributed by atoms with E-state index in [-0.39, 0.29) is 16.7 Å². The first kappa shape index (κ1) is 23.6. The lowest BCUT2D eigenvalue weighted by Crippen LogP contribution is -2.38. The van der Waals surface area contributed by atoms with Crippen LogP contribution in [0.3, 0.4) is 0 Å². The molecule has 0 bridgehead atoms. The molecule has 0 spiro atoms. The fourth-order valence-corrected chi connectivity index (χ4v) is 3.60. The second-order valence-corrected chi connectivity index (χ2v) is 7.45. The van der Waals surface area contributed by atoms with Crippen LogP contribution in [0.25, 0.3) is 10.8 Å². The zero-order valence-corrected chi connectivity index (χ0v) is 17.3. The Morgan fingerprint density at radius 3 is 2.26 bits per heavy atom. The smallest absolute Gasteiger partial charge is 0.337 e. The van der Waals surface area contributed by atoms with E-state index in [9.17, 15) is 24.3 Å². The fraction of sp³-hybridized carbons (Fsp3) is 0.304. The minimum atomic E-state index is -1.11. The Hall–Kier alpha value is -3.68. The van der Waals surface area contributed by atoms with Crippen molar-refractivity contribution < 1.29 is 29.7 Å². The maximum Gasteiger partial charge on any atom is 0.337 e. The monoisotopic (exact) mass is 427 g/mol. The number of rotatable bonds is 6. The van der Waals surface area contributed by atoms with Gasteiger partial charge in [0.25, 0.3) is 5.56 Å². The summed E-state index contributed by atoms with van der Waals surface area (Å²) in [4.78, 5) is 47.0. The number of aromatic carboxylic acids is 1. The number of hydrogen-bond donors (Lipinski definition) is 4. The first-order valence-electron chi connectivity index (χ1n) is 9.83. The molecule has 0 amide bonds. The fourth-order valence-electron chi connectivity index (χ4n) is 3.60. The highest BCUT2D eigenvalue weighted by atomic mass is 16.4. The van der Waals surface area contributed by atoms with E-state index in [1.165, 1.54) is 18.3 Å². The molecule has 4 N–H and O–H groups in total. The summed E-state index contributed by atoms with van der Waals surface area (Å²) >= 11 is 0. The summed E-state index contributed by atoms with van der Waals surface area (Å²) in [7, 11) is 0. The van der Waals surface area contributed by atoms with Gasteiger partial charge < -0.3 is 20.3 Å². The molecule has 0 radical (unpaired) electrons. The molecule has 3 rings (SSSR count). The van der Waals surface area contributed by atoms with Crippen LogP contribution in [0.15, 0.2) is 59.1 Å². The number of aromatic nitrogens is 1. The van der Waals surface area contributed by atoms with Crippen LogP contribution in [0.1, 0.15) is 43.5 Å². The van der Waals surface area contributed by atoms with Crippen molar-refractivity contribution in [2.24, 2.45) is 11.3 Å². The average Bonchev–Trinajstić information content (AvgIpc) is 2.73.